The second-order valence-electron chi connectivity index (χ2n) is 5.22. The predicted molar refractivity (Wildman–Crippen MR) is 78.3 cm³/mol. The van der Waals surface area contributed by atoms with Crippen molar-refractivity contribution in [2.45, 2.75) is 52.6 Å². The van der Waals surface area contributed by atoms with Crippen LogP contribution >= 0.6 is 11.3 Å². The third kappa shape index (κ3) is 3.53. The van der Waals surface area contributed by atoms with E-state index in [0.717, 1.165) is 12.6 Å². The SMILES string of the molecule is CCN(CCNC(C)c1sc(C)nc1C)C1CC1. The zero-order valence-electron chi connectivity index (χ0n) is 12.0. The normalized spacial score (nSPS) is 17.4. The van der Waals surface area contributed by atoms with Crippen molar-refractivity contribution < 1.29 is 0 Å². The summed E-state index contributed by atoms with van der Waals surface area (Å²) in [4.78, 5) is 8.48. The quantitative estimate of drug-likeness (QED) is 0.823. The Bertz CT molecular complexity index is 384. The molecule has 0 aliphatic heterocycles. The summed E-state index contributed by atoms with van der Waals surface area (Å²) in [5, 5.41) is 4.80. The second-order valence-corrected chi connectivity index (χ2v) is 6.45. The van der Waals surface area contributed by atoms with Crippen LogP contribution in [0.5, 0.6) is 0 Å². The van der Waals surface area contributed by atoms with Gasteiger partial charge >= 0.3 is 0 Å². The summed E-state index contributed by atoms with van der Waals surface area (Å²) in [6.07, 6.45) is 2.80. The van der Waals surface area contributed by atoms with Crippen LogP contribution in [0.4, 0.5) is 0 Å². The van der Waals surface area contributed by atoms with Crippen molar-refractivity contribution in [1.29, 1.82) is 0 Å². The molecule has 0 bridgehead atoms. The fourth-order valence-corrected chi connectivity index (χ4v) is 3.46. The van der Waals surface area contributed by atoms with Gasteiger partial charge in [-0.1, -0.05) is 6.92 Å². The topological polar surface area (TPSA) is 28.2 Å². The van der Waals surface area contributed by atoms with Crippen LogP contribution in [0, 0.1) is 13.8 Å². The first kappa shape index (κ1) is 14.0. The molecule has 102 valence electrons. The maximum absolute atomic E-state index is 4.50. The number of nitrogens with one attached hydrogen (secondary N) is 1. The van der Waals surface area contributed by atoms with Crippen LogP contribution in [0.15, 0.2) is 0 Å². The van der Waals surface area contributed by atoms with Gasteiger partial charge in [-0.2, -0.15) is 0 Å². The number of nitrogens with zero attached hydrogens (tertiary/aromatic N) is 2. The van der Waals surface area contributed by atoms with Gasteiger partial charge in [0.1, 0.15) is 0 Å². The molecule has 0 aromatic carbocycles. The summed E-state index contributed by atoms with van der Waals surface area (Å²) >= 11 is 1.82. The summed E-state index contributed by atoms with van der Waals surface area (Å²) in [6.45, 7) is 12.1. The van der Waals surface area contributed by atoms with E-state index in [4.69, 9.17) is 0 Å². The standard InChI is InChI=1S/C14H25N3S/c1-5-17(13-6-7-13)9-8-15-10(2)14-11(3)16-12(4)18-14/h10,13,15H,5-9H2,1-4H3. The molecular weight excluding hydrogens is 242 g/mol. The van der Waals surface area contributed by atoms with Crippen molar-refractivity contribution in [2.75, 3.05) is 19.6 Å². The highest BCUT2D eigenvalue weighted by Crippen LogP contribution is 2.26. The molecule has 1 atom stereocenters. The van der Waals surface area contributed by atoms with Gasteiger partial charge in [-0.25, -0.2) is 4.98 Å². The van der Waals surface area contributed by atoms with Gasteiger partial charge in [0.05, 0.1) is 10.7 Å². The number of likely N-dealkylation sites (N-methyl/N-ethyl adjacent to an activating group) is 1. The molecule has 1 unspecified atom stereocenters. The predicted octanol–water partition coefficient (Wildman–Crippen LogP) is 2.89. The molecule has 3 nitrogen and oxygen atoms in total. The minimum atomic E-state index is 0.425. The number of aryl methyl sites for hydroxylation is 2. The van der Waals surface area contributed by atoms with Crippen molar-refractivity contribution in [3.8, 4) is 0 Å². The molecule has 0 saturated heterocycles. The highest BCUT2D eigenvalue weighted by Gasteiger charge is 2.27. The lowest BCUT2D eigenvalue weighted by molar-refractivity contribution is 0.273. The minimum absolute atomic E-state index is 0.425. The molecule has 1 aliphatic carbocycles. The van der Waals surface area contributed by atoms with E-state index in [-0.39, 0.29) is 0 Å². The smallest absolute Gasteiger partial charge is 0.0900 e. The Balaban J connectivity index is 1.77. The Morgan fingerprint density at radius 2 is 2.17 bits per heavy atom. The Morgan fingerprint density at radius 3 is 2.67 bits per heavy atom. The van der Waals surface area contributed by atoms with Crippen LogP contribution in [0.1, 0.15) is 48.3 Å². The van der Waals surface area contributed by atoms with E-state index in [9.17, 15) is 0 Å². The van der Waals surface area contributed by atoms with Crippen molar-refractivity contribution in [3.63, 3.8) is 0 Å². The second kappa shape index (κ2) is 6.13. The number of thiazole rings is 1. The van der Waals surface area contributed by atoms with Gasteiger partial charge in [-0.15, -0.1) is 11.3 Å². The van der Waals surface area contributed by atoms with Gasteiger partial charge in [0.2, 0.25) is 0 Å². The summed E-state index contributed by atoms with van der Waals surface area (Å²) in [5.74, 6) is 0. The number of rotatable bonds is 7. The Morgan fingerprint density at radius 1 is 1.44 bits per heavy atom. The molecule has 1 heterocycles. The van der Waals surface area contributed by atoms with Crippen LogP contribution < -0.4 is 5.32 Å². The van der Waals surface area contributed by atoms with E-state index in [1.54, 1.807) is 0 Å². The zero-order chi connectivity index (χ0) is 13.1. The van der Waals surface area contributed by atoms with Crippen LogP contribution in [-0.4, -0.2) is 35.6 Å². The fraction of sp³-hybridized carbons (Fsp3) is 0.786. The molecule has 1 aromatic heterocycles. The molecule has 18 heavy (non-hydrogen) atoms. The summed E-state index contributed by atoms with van der Waals surface area (Å²) in [5.41, 5.74) is 1.19. The number of hydrogen-bond acceptors (Lipinski definition) is 4. The Kier molecular flexibility index (Phi) is 4.76. The highest BCUT2D eigenvalue weighted by molar-refractivity contribution is 7.11. The van der Waals surface area contributed by atoms with E-state index >= 15 is 0 Å². The van der Waals surface area contributed by atoms with Crippen LogP contribution in [0.2, 0.25) is 0 Å². The fourth-order valence-electron chi connectivity index (χ4n) is 2.50. The molecule has 2 rings (SSSR count). The highest BCUT2D eigenvalue weighted by atomic mass is 32.1. The number of hydrogen-bond donors (Lipinski definition) is 1. The van der Waals surface area contributed by atoms with Gasteiger partial charge < -0.3 is 5.32 Å². The van der Waals surface area contributed by atoms with Gasteiger partial charge in [0.15, 0.2) is 0 Å². The minimum Gasteiger partial charge on any atom is -0.308 e. The summed E-state index contributed by atoms with van der Waals surface area (Å²) in [7, 11) is 0. The van der Waals surface area contributed by atoms with Gasteiger partial charge in [0, 0.05) is 30.1 Å². The lowest BCUT2D eigenvalue weighted by Crippen LogP contribution is -2.34. The monoisotopic (exact) mass is 267 g/mol. The lowest BCUT2D eigenvalue weighted by atomic mass is 10.2. The molecule has 1 aliphatic rings. The van der Waals surface area contributed by atoms with Gasteiger partial charge in [0.25, 0.3) is 0 Å². The van der Waals surface area contributed by atoms with Crippen LogP contribution in [-0.2, 0) is 0 Å². The average molecular weight is 267 g/mol. The maximum Gasteiger partial charge on any atom is 0.0900 e. The van der Waals surface area contributed by atoms with Crippen molar-refractivity contribution in [2.24, 2.45) is 0 Å². The molecule has 0 spiro atoms. The van der Waals surface area contributed by atoms with Crippen molar-refractivity contribution >= 4 is 11.3 Å². The Labute approximate surface area is 115 Å². The van der Waals surface area contributed by atoms with Crippen molar-refractivity contribution in [3.05, 3.63) is 15.6 Å². The molecule has 4 heteroatoms. The molecule has 0 amide bonds. The maximum atomic E-state index is 4.50. The largest absolute Gasteiger partial charge is 0.308 e. The Hall–Kier alpha value is -0.450. The van der Waals surface area contributed by atoms with Crippen LogP contribution in [0.25, 0.3) is 0 Å². The third-order valence-corrected chi connectivity index (χ3v) is 4.91. The van der Waals surface area contributed by atoms with Crippen molar-refractivity contribution in [1.82, 2.24) is 15.2 Å². The first-order valence-corrected chi connectivity index (χ1v) is 7.84. The molecule has 1 N–H and O–H groups in total. The number of aromatic nitrogens is 1. The molecule has 1 aromatic rings. The van der Waals surface area contributed by atoms with Gasteiger partial charge in [-0.3, -0.25) is 4.90 Å². The first-order valence-electron chi connectivity index (χ1n) is 7.03. The van der Waals surface area contributed by atoms with Gasteiger partial charge in [-0.05, 0) is 40.2 Å². The van der Waals surface area contributed by atoms with E-state index < -0.39 is 0 Å². The van der Waals surface area contributed by atoms with E-state index in [1.807, 2.05) is 11.3 Å². The molecule has 1 fully saturated rings. The molecule has 0 radical (unpaired) electrons. The van der Waals surface area contributed by atoms with Crippen LogP contribution in [0.3, 0.4) is 0 Å². The zero-order valence-corrected chi connectivity index (χ0v) is 12.8. The summed E-state index contributed by atoms with van der Waals surface area (Å²) in [6, 6.07) is 1.30. The lowest BCUT2D eigenvalue weighted by Gasteiger charge is -2.21. The van der Waals surface area contributed by atoms with E-state index in [1.165, 1.54) is 41.5 Å². The molecule has 1 saturated carbocycles. The first-order chi connectivity index (χ1) is 8.61. The molecular formula is C14H25N3S. The summed E-state index contributed by atoms with van der Waals surface area (Å²) < 4.78 is 0. The van der Waals surface area contributed by atoms with E-state index in [2.05, 4.69) is 42.9 Å². The van der Waals surface area contributed by atoms with E-state index in [0.29, 0.717) is 6.04 Å². The third-order valence-electron chi connectivity index (χ3n) is 3.65. The average Bonchev–Trinajstić information content (AvgIpc) is 3.10.